The lowest BCUT2D eigenvalue weighted by atomic mass is 10.0. The molecular weight excluding hydrogens is 272 g/mol. The van der Waals surface area contributed by atoms with Gasteiger partial charge in [-0.15, -0.1) is 0 Å². The number of rotatable bonds is 5. The molecule has 0 spiro atoms. The number of nitrogens with two attached hydrogens (primary N) is 1. The second-order valence-electron chi connectivity index (χ2n) is 5.55. The normalized spacial score (nSPS) is 18.1. The van der Waals surface area contributed by atoms with E-state index in [1.807, 2.05) is 18.2 Å². The van der Waals surface area contributed by atoms with Crippen LogP contribution in [0.1, 0.15) is 25.5 Å². The van der Waals surface area contributed by atoms with Gasteiger partial charge in [0.2, 0.25) is 0 Å². The summed E-state index contributed by atoms with van der Waals surface area (Å²) >= 11 is 0. The Morgan fingerprint density at radius 2 is 2.05 bits per heavy atom. The largest absolute Gasteiger partial charge is 0.476 e. The molecule has 2 rings (SSSR count). The predicted octanol–water partition coefficient (Wildman–Crippen LogP) is 1.44. The van der Waals surface area contributed by atoms with Gasteiger partial charge in [0.25, 0.3) is 5.91 Å². The van der Waals surface area contributed by atoms with Gasteiger partial charge in [0.1, 0.15) is 12.5 Å². The number of anilines is 1. The highest BCUT2D eigenvalue weighted by molar-refractivity contribution is 6.02. The summed E-state index contributed by atoms with van der Waals surface area (Å²) in [5.41, 5.74) is 6.68. The molecule has 1 heterocycles. The molecule has 1 aliphatic heterocycles. The summed E-state index contributed by atoms with van der Waals surface area (Å²) in [6.45, 7) is 4.06. The summed E-state index contributed by atoms with van der Waals surface area (Å²) in [7, 11) is 3.15. The molecule has 1 amide bonds. The molecule has 0 radical (unpaired) electrons. The van der Waals surface area contributed by atoms with Crippen molar-refractivity contribution in [3.63, 3.8) is 0 Å². The van der Waals surface area contributed by atoms with Crippen molar-refractivity contribution in [2.45, 2.75) is 25.5 Å². The third kappa shape index (κ3) is 3.02. The number of ether oxygens (including phenoxy) is 3. The van der Waals surface area contributed by atoms with Crippen LogP contribution in [0.4, 0.5) is 5.69 Å². The van der Waals surface area contributed by atoms with Gasteiger partial charge in [-0.25, -0.2) is 0 Å². The summed E-state index contributed by atoms with van der Waals surface area (Å²) in [4.78, 5) is 14.0. The van der Waals surface area contributed by atoms with Gasteiger partial charge in [-0.3, -0.25) is 9.69 Å². The number of benzene rings is 1. The molecular formula is C15H22N2O4. The van der Waals surface area contributed by atoms with Gasteiger partial charge in [0.15, 0.2) is 5.60 Å². The van der Waals surface area contributed by atoms with Crippen LogP contribution in [0.15, 0.2) is 18.2 Å². The van der Waals surface area contributed by atoms with Crippen LogP contribution in [0.2, 0.25) is 0 Å². The van der Waals surface area contributed by atoms with Crippen molar-refractivity contribution >= 4 is 11.6 Å². The lowest BCUT2D eigenvalue weighted by Gasteiger charge is -2.38. The SMILES string of the molecule is COCC(N)c1ccc2c(c1)N(COC)C(=O)C(C)(C)O2. The quantitative estimate of drug-likeness (QED) is 0.889. The summed E-state index contributed by atoms with van der Waals surface area (Å²) in [6.07, 6.45) is 0. The molecule has 0 aromatic heterocycles. The molecule has 0 fully saturated rings. The minimum atomic E-state index is -0.915. The van der Waals surface area contributed by atoms with E-state index in [1.54, 1.807) is 33.0 Å². The third-order valence-electron chi connectivity index (χ3n) is 3.43. The Labute approximate surface area is 124 Å². The fraction of sp³-hybridized carbons (Fsp3) is 0.533. The first-order chi connectivity index (χ1) is 9.90. The Bertz CT molecular complexity index is 530. The maximum absolute atomic E-state index is 12.5. The lowest BCUT2D eigenvalue weighted by Crippen LogP contribution is -2.53. The number of fused-ring (bicyclic) bond motifs is 1. The van der Waals surface area contributed by atoms with E-state index in [-0.39, 0.29) is 18.7 Å². The van der Waals surface area contributed by atoms with Crippen LogP contribution in [0.25, 0.3) is 0 Å². The van der Waals surface area contributed by atoms with E-state index < -0.39 is 5.60 Å². The molecule has 1 unspecified atom stereocenters. The predicted molar refractivity (Wildman–Crippen MR) is 79.3 cm³/mol. The fourth-order valence-corrected chi connectivity index (χ4v) is 2.35. The maximum atomic E-state index is 12.5. The van der Waals surface area contributed by atoms with Gasteiger partial charge < -0.3 is 19.9 Å². The average Bonchev–Trinajstić information content (AvgIpc) is 2.43. The molecule has 1 aromatic carbocycles. The smallest absolute Gasteiger partial charge is 0.272 e. The van der Waals surface area contributed by atoms with Crippen LogP contribution in [-0.2, 0) is 14.3 Å². The van der Waals surface area contributed by atoms with Gasteiger partial charge in [0, 0.05) is 14.2 Å². The maximum Gasteiger partial charge on any atom is 0.272 e. The van der Waals surface area contributed by atoms with Crippen LogP contribution < -0.4 is 15.4 Å². The minimum absolute atomic E-state index is 0.144. The Morgan fingerprint density at radius 3 is 2.67 bits per heavy atom. The van der Waals surface area contributed by atoms with Crippen LogP contribution in [-0.4, -0.2) is 39.1 Å². The standard InChI is InChI=1S/C15H22N2O4/c1-15(2)14(18)17(9-20-4)12-7-10(11(16)8-19-3)5-6-13(12)21-15/h5-7,11H,8-9,16H2,1-4H3. The van der Waals surface area contributed by atoms with Gasteiger partial charge in [-0.05, 0) is 31.5 Å². The zero-order chi connectivity index (χ0) is 15.6. The topological polar surface area (TPSA) is 74.0 Å². The number of carbonyl (C=O) groups excluding carboxylic acids is 1. The van der Waals surface area contributed by atoms with Crippen molar-refractivity contribution in [2.75, 3.05) is 32.5 Å². The number of hydrogen-bond donors (Lipinski definition) is 1. The monoisotopic (exact) mass is 294 g/mol. The second kappa shape index (κ2) is 6.01. The number of amides is 1. The van der Waals surface area contributed by atoms with Crippen molar-refractivity contribution in [2.24, 2.45) is 5.73 Å². The first-order valence-electron chi connectivity index (χ1n) is 6.79. The molecule has 0 aliphatic carbocycles. The zero-order valence-corrected chi connectivity index (χ0v) is 12.9. The van der Waals surface area contributed by atoms with Crippen molar-refractivity contribution < 1.29 is 19.0 Å². The highest BCUT2D eigenvalue weighted by Gasteiger charge is 2.41. The molecule has 1 aromatic rings. The van der Waals surface area contributed by atoms with Crippen molar-refractivity contribution in [1.29, 1.82) is 0 Å². The van der Waals surface area contributed by atoms with Gasteiger partial charge in [0.05, 0.1) is 18.3 Å². The molecule has 0 saturated heterocycles. The molecule has 2 N–H and O–H groups in total. The second-order valence-corrected chi connectivity index (χ2v) is 5.55. The van der Waals surface area contributed by atoms with E-state index in [0.29, 0.717) is 18.0 Å². The van der Waals surface area contributed by atoms with Gasteiger partial charge >= 0.3 is 0 Å². The summed E-state index contributed by atoms with van der Waals surface area (Å²) in [6, 6.07) is 5.32. The molecule has 116 valence electrons. The van der Waals surface area contributed by atoms with Crippen molar-refractivity contribution in [1.82, 2.24) is 0 Å². The van der Waals surface area contributed by atoms with E-state index in [4.69, 9.17) is 19.9 Å². The Morgan fingerprint density at radius 1 is 1.33 bits per heavy atom. The lowest BCUT2D eigenvalue weighted by molar-refractivity contribution is -0.133. The number of methoxy groups -OCH3 is 2. The average molecular weight is 294 g/mol. The van der Waals surface area contributed by atoms with Gasteiger partial charge in [-0.2, -0.15) is 0 Å². The van der Waals surface area contributed by atoms with Crippen molar-refractivity contribution in [3.8, 4) is 5.75 Å². The molecule has 0 saturated carbocycles. The fourth-order valence-electron chi connectivity index (χ4n) is 2.35. The Balaban J connectivity index is 2.42. The van der Waals surface area contributed by atoms with Crippen LogP contribution in [0.3, 0.4) is 0 Å². The molecule has 6 nitrogen and oxygen atoms in total. The first kappa shape index (κ1) is 15.8. The van der Waals surface area contributed by atoms with Gasteiger partial charge in [-0.1, -0.05) is 6.07 Å². The van der Waals surface area contributed by atoms with Crippen LogP contribution >= 0.6 is 0 Å². The van der Waals surface area contributed by atoms with Crippen LogP contribution in [0, 0.1) is 0 Å². The highest BCUT2D eigenvalue weighted by atomic mass is 16.5. The number of nitrogens with zero attached hydrogens (tertiary/aromatic N) is 1. The van der Waals surface area contributed by atoms with E-state index >= 15 is 0 Å². The zero-order valence-electron chi connectivity index (χ0n) is 12.9. The summed E-state index contributed by atoms with van der Waals surface area (Å²) in [5.74, 6) is 0.499. The van der Waals surface area contributed by atoms with E-state index in [9.17, 15) is 4.79 Å². The molecule has 6 heteroatoms. The molecule has 21 heavy (non-hydrogen) atoms. The summed E-state index contributed by atoms with van der Waals surface area (Å²) < 4.78 is 16.0. The number of hydrogen-bond acceptors (Lipinski definition) is 5. The molecule has 0 bridgehead atoms. The third-order valence-corrected chi connectivity index (χ3v) is 3.43. The summed E-state index contributed by atoms with van der Waals surface area (Å²) in [5, 5.41) is 0. The Hall–Kier alpha value is -1.63. The molecule has 1 atom stereocenters. The van der Waals surface area contributed by atoms with Crippen molar-refractivity contribution in [3.05, 3.63) is 23.8 Å². The van der Waals surface area contributed by atoms with E-state index in [0.717, 1.165) is 5.56 Å². The minimum Gasteiger partial charge on any atom is -0.476 e. The van der Waals surface area contributed by atoms with Crippen LogP contribution in [0.5, 0.6) is 5.75 Å². The molecule has 1 aliphatic rings. The Kier molecular flexibility index (Phi) is 4.51. The first-order valence-corrected chi connectivity index (χ1v) is 6.79. The number of carbonyl (C=O) groups is 1. The highest BCUT2D eigenvalue weighted by Crippen LogP contribution is 2.39. The van der Waals surface area contributed by atoms with E-state index in [2.05, 4.69) is 0 Å². The van der Waals surface area contributed by atoms with E-state index in [1.165, 1.54) is 0 Å².